The summed E-state index contributed by atoms with van der Waals surface area (Å²) in [4.78, 5) is 2.48. The molecule has 1 fully saturated rings. The fourth-order valence-corrected chi connectivity index (χ4v) is 1.83. The van der Waals surface area contributed by atoms with E-state index in [4.69, 9.17) is 4.74 Å². The highest BCUT2D eigenvalue weighted by Crippen LogP contribution is 2.03. The molecule has 0 aliphatic carbocycles. The van der Waals surface area contributed by atoms with Crippen molar-refractivity contribution in [1.29, 1.82) is 0 Å². The molecule has 4 nitrogen and oxygen atoms in total. The van der Waals surface area contributed by atoms with Gasteiger partial charge in [0.05, 0.1) is 12.7 Å². The normalized spacial score (nSPS) is 20.8. The minimum Gasteiger partial charge on any atom is -0.374 e. The van der Waals surface area contributed by atoms with E-state index in [1.54, 1.807) is 0 Å². The summed E-state index contributed by atoms with van der Waals surface area (Å²) in [6, 6.07) is 0. The van der Waals surface area contributed by atoms with Crippen LogP contribution in [0.1, 0.15) is 27.7 Å². The lowest BCUT2D eigenvalue weighted by molar-refractivity contribution is -0.0262. The van der Waals surface area contributed by atoms with Crippen LogP contribution >= 0.6 is 0 Å². The van der Waals surface area contributed by atoms with Crippen molar-refractivity contribution >= 4 is 0 Å². The number of ether oxygens (including phenoxy) is 1. The zero-order chi connectivity index (χ0) is 12.9. The van der Waals surface area contributed by atoms with Crippen LogP contribution < -0.4 is 10.6 Å². The topological polar surface area (TPSA) is 36.5 Å². The summed E-state index contributed by atoms with van der Waals surface area (Å²) in [6.45, 7) is 16.6. The van der Waals surface area contributed by atoms with E-state index >= 15 is 0 Å². The molecule has 0 aromatic carbocycles. The van der Waals surface area contributed by atoms with Gasteiger partial charge in [0.1, 0.15) is 0 Å². The molecule has 1 aliphatic heterocycles. The molecule has 0 aromatic rings. The quantitative estimate of drug-likeness (QED) is 0.654. The summed E-state index contributed by atoms with van der Waals surface area (Å²) in [5, 5.41) is 6.69. The molecule has 0 radical (unpaired) electrons. The molecule has 2 N–H and O–H groups in total. The summed E-state index contributed by atoms with van der Waals surface area (Å²) < 4.78 is 5.69. The molecular formula is C13H31N3O. The van der Waals surface area contributed by atoms with Gasteiger partial charge in [0, 0.05) is 32.7 Å². The first-order chi connectivity index (χ1) is 8.36. The van der Waals surface area contributed by atoms with Crippen LogP contribution in [-0.2, 0) is 4.74 Å². The van der Waals surface area contributed by atoms with E-state index in [0.717, 1.165) is 52.4 Å². The van der Waals surface area contributed by atoms with Gasteiger partial charge in [0.2, 0.25) is 0 Å². The third kappa shape index (κ3) is 8.55. The average molecular weight is 245 g/mol. The molecule has 0 aromatic heterocycles. The van der Waals surface area contributed by atoms with Crippen LogP contribution in [0.5, 0.6) is 0 Å². The van der Waals surface area contributed by atoms with Crippen LogP contribution in [-0.4, -0.2) is 63.4 Å². The molecule has 4 heteroatoms. The summed E-state index contributed by atoms with van der Waals surface area (Å²) in [6.07, 6.45) is 0.375. The highest BCUT2D eigenvalue weighted by atomic mass is 16.5. The predicted molar refractivity (Wildman–Crippen MR) is 74.6 cm³/mol. The summed E-state index contributed by atoms with van der Waals surface area (Å²) in [5.41, 5.74) is 0. The predicted octanol–water partition coefficient (Wildman–Crippen LogP) is 0.932. The zero-order valence-electron chi connectivity index (χ0n) is 12.1. The summed E-state index contributed by atoms with van der Waals surface area (Å²) in [7, 11) is 0. The van der Waals surface area contributed by atoms with Crippen molar-refractivity contribution in [3.8, 4) is 0 Å². The van der Waals surface area contributed by atoms with Gasteiger partial charge in [-0.3, -0.25) is 4.90 Å². The molecule has 1 rings (SSSR count). The van der Waals surface area contributed by atoms with Gasteiger partial charge < -0.3 is 15.4 Å². The highest BCUT2D eigenvalue weighted by molar-refractivity contribution is 4.73. The first-order valence-corrected chi connectivity index (χ1v) is 7.12. The standard InChI is InChI=1S/C11H25N3O.C2H6/c1-3-12-5-6-14-7-8-15-11(10-14)9-13-4-2;1-2/h11-13H,3-10H2,1-2H3;1-2H3. The van der Waals surface area contributed by atoms with E-state index in [9.17, 15) is 0 Å². The van der Waals surface area contributed by atoms with E-state index < -0.39 is 0 Å². The van der Waals surface area contributed by atoms with Crippen molar-refractivity contribution in [2.24, 2.45) is 0 Å². The van der Waals surface area contributed by atoms with Crippen molar-refractivity contribution < 1.29 is 4.74 Å². The molecule has 104 valence electrons. The zero-order valence-corrected chi connectivity index (χ0v) is 12.1. The van der Waals surface area contributed by atoms with Crippen LogP contribution in [0.3, 0.4) is 0 Å². The molecule has 0 spiro atoms. The van der Waals surface area contributed by atoms with Crippen LogP contribution in [0.15, 0.2) is 0 Å². The number of rotatable bonds is 7. The van der Waals surface area contributed by atoms with E-state index in [-0.39, 0.29) is 0 Å². The van der Waals surface area contributed by atoms with E-state index in [2.05, 4.69) is 29.4 Å². The van der Waals surface area contributed by atoms with Crippen molar-refractivity contribution in [2.45, 2.75) is 33.8 Å². The van der Waals surface area contributed by atoms with Crippen molar-refractivity contribution in [1.82, 2.24) is 15.5 Å². The maximum atomic E-state index is 5.69. The molecule has 17 heavy (non-hydrogen) atoms. The minimum atomic E-state index is 0.375. The summed E-state index contributed by atoms with van der Waals surface area (Å²) in [5.74, 6) is 0. The maximum Gasteiger partial charge on any atom is 0.0826 e. The Kier molecular flexibility index (Phi) is 12.2. The molecular weight excluding hydrogens is 214 g/mol. The Bertz CT molecular complexity index is 156. The molecule has 1 heterocycles. The van der Waals surface area contributed by atoms with Gasteiger partial charge in [-0.05, 0) is 13.1 Å². The first-order valence-electron chi connectivity index (χ1n) is 7.12. The second-order valence-electron chi connectivity index (χ2n) is 3.95. The fraction of sp³-hybridized carbons (Fsp3) is 1.00. The monoisotopic (exact) mass is 245 g/mol. The van der Waals surface area contributed by atoms with Gasteiger partial charge in [-0.15, -0.1) is 0 Å². The van der Waals surface area contributed by atoms with Crippen molar-refractivity contribution in [2.75, 3.05) is 52.4 Å². The Balaban J connectivity index is 0.00000121. The third-order valence-corrected chi connectivity index (χ3v) is 2.70. The van der Waals surface area contributed by atoms with Gasteiger partial charge in [0.15, 0.2) is 0 Å². The Morgan fingerprint density at radius 3 is 2.53 bits per heavy atom. The molecule has 1 unspecified atom stereocenters. The average Bonchev–Trinajstić information content (AvgIpc) is 2.40. The molecule has 0 saturated carbocycles. The molecule has 1 saturated heterocycles. The van der Waals surface area contributed by atoms with E-state index in [0.29, 0.717) is 6.10 Å². The Hall–Kier alpha value is -0.160. The van der Waals surface area contributed by atoms with Crippen molar-refractivity contribution in [3.05, 3.63) is 0 Å². The minimum absolute atomic E-state index is 0.375. The Morgan fingerprint density at radius 1 is 1.18 bits per heavy atom. The largest absolute Gasteiger partial charge is 0.374 e. The van der Waals surface area contributed by atoms with Gasteiger partial charge in [0.25, 0.3) is 0 Å². The Labute approximate surface area is 107 Å². The number of hydrogen-bond donors (Lipinski definition) is 2. The molecule has 0 amide bonds. The van der Waals surface area contributed by atoms with Crippen molar-refractivity contribution in [3.63, 3.8) is 0 Å². The first kappa shape index (κ1) is 16.8. The second-order valence-corrected chi connectivity index (χ2v) is 3.95. The lowest BCUT2D eigenvalue weighted by atomic mass is 10.2. The van der Waals surface area contributed by atoms with Gasteiger partial charge in [-0.25, -0.2) is 0 Å². The van der Waals surface area contributed by atoms with E-state index in [1.807, 2.05) is 13.8 Å². The number of hydrogen-bond acceptors (Lipinski definition) is 4. The number of morpholine rings is 1. The lowest BCUT2D eigenvalue weighted by Gasteiger charge is -2.33. The number of nitrogens with one attached hydrogen (secondary N) is 2. The third-order valence-electron chi connectivity index (χ3n) is 2.70. The van der Waals surface area contributed by atoms with E-state index in [1.165, 1.54) is 0 Å². The number of likely N-dealkylation sites (N-methyl/N-ethyl adjacent to an activating group) is 2. The maximum absolute atomic E-state index is 5.69. The SMILES string of the molecule is CC.CCNCCN1CCOC(CNCC)C1. The molecule has 0 bridgehead atoms. The van der Waals surface area contributed by atoms with Crippen LogP contribution in [0, 0.1) is 0 Å². The van der Waals surface area contributed by atoms with Gasteiger partial charge in [-0.2, -0.15) is 0 Å². The molecule has 1 atom stereocenters. The summed E-state index contributed by atoms with van der Waals surface area (Å²) >= 11 is 0. The lowest BCUT2D eigenvalue weighted by Crippen LogP contribution is -2.48. The number of nitrogens with zero attached hydrogens (tertiary/aromatic N) is 1. The van der Waals surface area contributed by atoms with Gasteiger partial charge >= 0.3 is 0 Å². The fourth-order valence-electron chi connectivity index (χ4n) is 1.83. The van der Waals surface area contributed by atoms with Crippen LogP contribution in [0.2, 0.25) is 0 Å². The highest BCUT2D eigenvalue weighted by Gasteiger charge is 2.19. The Morgan fingerprint density at radius 2 is 1.88 bits per heavy atom. The van der Waals surface area contributed by atoms with Crippen LogP contribution in [0.4, 0.5) is 0 Å². The molecule has 1 aliphatic rings. The second kappa shape index (κ2) is 12.3. The van der Waals surface area contributed by atoms with Crippen LogP contribution in [0.25, 0.3) is 0 Å². The van der Waals surface area contributed by atoms with Gasteiger partial charge in [-0.1, -0.05) is 27.7 Å². The smallest absolute Gasteiger partial charge is 0.0826 e.